The second kappa shape index (κ2) is 12.0. The lowest BCUT2D eigenvalue weighted by molar-refractivity contribution is 0.590. The summed E-state index contributed by atoms with van der Waals surface area (Å²) in [5.41, 5.74) is 15.6. The van der Waals surface area contributed by atoms with Gasteiger partial charge < -0.3 is 4.40 Å². The molecule has 0 aliphatic heterocycles. The summed E-state index contributed by atoms with van der Waals surface area (Å²) in [6.45, 7) is 27.6. The van der Waals surface area contributed by atoms with Crippen molar-refractivity contribution in [3.8, 4) is 33.5 Å². The van der Waals surface area contributed by atoms with E-state index in [2.05, 4.69) is 203 Å². The summed E-state index contributed by atoms with van der Waals surface area (Å²) in [6.07, 6.45) is 0. The molecule has 2 heterocycles. The third kappa shape index (κ3) is 6.20. The molecule has 0 bridgehead atoms. The first-order valence-corrected chi connectivity index (χ1v) is 18.7. The molecular weight excluding hydrogens is 615 g/mol. The molecule has 0 radical (unpaired) electrons. The van der Waals surface area contributed by atoms with E-state index in [4.69, 9.17) is 0 Å². The number of aromatic nitrogens is 1. The second-order valence-corrected chi connectivity index (χ2v) is 18.8. The number of benzene rings is 5. The van der Waals surface area contributed by atoms with Gasteiger partial charge in [-0.3, -0.25) is 0 Å². The molecule has 0 aliphatic rings. The van der Waals surface area contributed by atoms with Gasteiger partial charge in [-0.05, 0) is 78.1 Å². The van der Waals surface area contributed by atoms with Crippen molar-refractivity contribution < 1.29 is 0 Å². The van der Waals surface area contributed by atoms with Crippen LogP contribution in [0.3, 0.4) is 0 Å². The Morgan fingerprint density at radius 1 is 0.353 bits per heavy atom. The Balaban J connectivity index is 1.71. The van der Waals surface area contributed by atoms with Gasteiger partial charge in [0, 0.05) is 21.9 Å². The third-order valence-corrected chi connectivity index (χ3v) is 10.9. The van der Waals surface area contributed by atoms with Crippen molar-refractivity contribution in [3.05, 3.63) is 138 Å². The number of rotatable bonds is 3. The number of nitrogens with zero attached hydrogens (tertiary/aromatic N) is 1. The van der Waals surface area contributed by atoms with Crippen LogP contribution in [0, 0.1) is 0 Å². The SMILES string of the molecule is CC(C)(C)c1ccc(-c2c(-c3ccc(C(C)(C)C)cc3)c3c4ccc(C(C)(C)C)cc4c4ccccc4n3c2-c2ccc(C(C)(C)C)cc2)cc1. The van der Waals surface area contributed by atoms with Gasteiger partial charge in [0.05, 0.1) is 16.7 Å². The maximum absolute atomic E-state index is 2.58. The normalized spacial score (nSPS) is 13.1. The van der Waals surface area contributed by atoms with Gasteiger partial charge in [-0.15, -0.1) is 0 Å². The van der Waals surface area contributed by atoms with Gasteiger partial charge in [0.25, 0.3) is 0 Å². The van der Waals surface area contributed by atoms with Crippen LogP contribution < -0.4 is 0 Å². The molecule has 0 saturated carbocycles. The molecule has 0 saturated heterocycles. The molecule has 0 amide bonds. The van der Waals surface area contributed by atoms with Crippen molar-refractivity contribution in [2.45, 2.75) is 105 Å². The molecule has 7 aromatic rings. The molecule has 0 fully saturated rings. The van der Waals surface area contributed by atoms with Crippen LogP contribution in [-0.4, -0.2) is 4.40 Å². The van der Waals surface area contributed by atoms with Crippen LogP contribution in [0.15, 0.2) is 115 Å². The zero-order valence-electron chi connectivity index (χ0n) is 32.9. The highest BCUT2D eigenvalue weighted by Crippen LogP contribution is 2.50. The van der Waals surface area contributed by atoms with Crippen molar-refractivity contribution >= 4 is 27.2 Å². The van der Waals surface area contributed by atoms with E-state index >= 15 is 0 Å². The standard InChI is InChI=1S/C50H55N/c1-47(2,3)35-23-17-32(18-24-35)43-44(33-19-25-36(26-20-33)48(4,5)6)46-40-30-29-38(50(10,11)12)31-41(40)39-15-13-14-16-42(39)51(46)45(43)34-21-27-37(28-22-34)49(7,8)9/h13-31H,1-12H3. The third-order valence-electron chi connectivity index (χ3n) is 10.9. The number of para-hydroxylation sites is 1. The Hall–Kier alpha value is -4.62. The van der Waals surface area contributed by atoms with E-state index in [-0.39, 0.29) is 21.7 Å². The Bertz CT molecular complexity index is 2390. The van der Waals surface area contributed by atoms with Crippen LogP contribution in [0.5, 0.6) is 0 Å². The lowest BCUT2D eigenvalue weighted by atomic mass is 9.83. The van der Waals surface area contributed by atoms with Crippen LogP contribution in [0.25, 0.3) is 60.7 Å². The molecule has 1 nitrogen and oxygen atoms in total. The molecule has 7 rings (SSSR count). The van der Waals surface area contributed by atoms with Crippen molar-refractivity contribution in [2.75, 3.05) is 0 Å². The summed E-state index contributed by atoms with van der Waals surface area (Å²) in [4.78, 5) is 0. The van der Waals surface area contributed by atoms with Crippen LogP contribution >= 0.6 is 0 Å². The maximum atomic E-state index is 2.58. The minimum absolute atomic E-state index is 0.0367. The molecule has 0 atom stereocenters. The zero-order valence-corrected chi connectivity index (χ0v) is 32.9. The predicted molar refractivity (Wildman–Crippen MR) is 224 cm³/mol. The average Bonchev–Trinajstić information content (AvgIpc) is 3.43. The highest BCUT2D eigenvalue weighted by Gasteiger charge is 2.28. The van der Waals surface area contributed by atoms with Gasteiger partial charge >= 0.3 is 0 Å². The fourth-order valence-corrected chi connectivity index (χ4v) is 7.64. The van der Waals surface area contributed by atoms with Crippen molar-refractivity contribution in [3.63, 3.8) is 0 Å². The average molecular weight is 670 g/mol. The van der Waals surface area contributed by atoms with Gasteiger partial charge in [0.1, 0.15) is 0 Å². The fraction of sp³-hybridized carbons (Fsp3) is 0.320. The first kappa shape index (κ1) is 34.8. The lowest BCUT2D eigenvalue weighted by Crippen LogP contribution is -2.11. The lowest BCUT2D eigenvalue weighted by Gasteiger charge is -2.21. The van der Waals surface area contributed by atoms with E-state index in [1.54, 1.807) is 0 Å². The molecule has 0 spiro atoms. The van der Waals surface area contributed by atoms with Crippen LogP contribution in [0.4, 0.5) is 0 Å². The van der Waals surface area contributed by atoms with Gasteiger partial charge in [-0.1, -0.05) is 186 Å². The molecule has 51 heavy (non-hydrogen) atoms. The highest BCUT2D eigenvalue weighted by atomic mass is 14.9. The number of pyridine rings is 1. The topological polar surface area (TPSA) is 4.41 Å². The van der Waals surface area contributed by atoms with Gasteiger partial charge in [0.2, 0.25) is 0 Å². The zero-order chi connectivity index (χ0) is 36.7. The Morgan fingerprint density at radius 3 is 1.24 bits per heavy atom. The van der Waals surface area contributed by atoms with E-state index in [9.17, 15) is 0 Å². The first-order valence-electron chi connectivity index (χ1n) is 18.7. The van der Waals surface area contributed by atoms with E-state index in [1.165, 1.54) is 83.0 Å². The highest BCUT2D eigenvalue weighted by molar-refractivity contribution is 6.20. The summed E-state index contributed by atoms with van der Waals surface area (Å²) >= 11 is 0. The van der Waals surface area contributed by atoms with Crippen LogP contribution in [0.2, 0.25) is 0 Å². The molecule has 2 aromatic heterocycles. The van der Waals surface area contributed by atoms with Gasteiger partial charge in [-0.2, -0.15) is 0 Å². The minimum atomic E-state index is 0.0367. The summed E-state index contributed by atoms with van der Waals surface area (Å²) in [5, 5.41) is 3.86. The molecule has 0 aliphatic carbocycles. The van der Waals surface area contributed by atoms with E-state index in [0.29, 0.717) is 0 Å². The first-order chi connectivity index (χ1) is 23.8. The molecule has 1 heteroatoms. The smallest absolute Gasteiger partial charge is 0.0626 e. The maximum Gasteiger partial charge on any atom is 0.0626 e. The number of hydrogen-bond acceptors (Lipinski definition) is 0. The summed E-state index contributed by atoms with van der Waals surface area (Å²) in [6, 6.07) is 44.4. The Morgan fingerprint density at radius 2 is 0.765 bits per heavy atom. The van der Waals surface area contributed by atoms with Crippen LogP contribution in [0.1, 0.15) is 105 Å². The van der Waals surface area contributed by atoms with Gasteiger partial charge in [-0.25, -0.2) is 0 Å². The molecule has 5 aromatic carbocycles. The van der Waals surface area contributed by atoms with Gasteiger partial charge in [0.15, 0.2) is 0 Å². The van der Waals surface area contributed by atoms with Crippen molar-refractivity contribution in [1.29, 1.82) is 0 Å². The Labute approximate surface area is 306 Å². The number of hydrogen-bond donors (Lipinski definition) is 0. The molecular formula is C50H55N. The largest absolute Gasteiger partial charge is 0.307 e. The van der Waals surface area contributed by atoms with E-state index in [1.807, 2.05) is 0 Å². The second-order valence-electron chi connectivity index (χ2n) is 18.8. The molecule has 0 N–H and O–H groups in total. The van der Waals surface area contributed by atoms with Crippen LogP contribution in [-0.2, 0) is 21.7 Å². The number of fused-ring (bicyclic) bond motifs is 6. The van der Waals surface area contributed by atoms with Crippen molar-refractivity contribution in [1.82, 2.24) is 4.40 Å². The summed E-state index contributed by atoms with van der Waals surface area (Å²) in [5.74, 6) is 0. The summed E-state index contributed by atoms with van der Waals surface area (Å²) in [7, 11) is 0. The minimum Gasteiger partial charge on any atom is -0.307 e. The monoisotopic (exact) mass is 669 g/mol. The van der Waals surface area contributed by atoms with Crippen molar-refractivity contribution in [2.24, 2.45) is 0 Å². The fourth-order valence-electron chi connectivity index (χ4n) is 7.64. The van der Waals surface area contributed by atoms with E-state index in [0.717, 1.165) is 0 Å². The molecule has 260 valence electrons. The summed E-state index contributed by atoms with van der Waals surface area (Å²) < 4.78 is 2.58. The predicted octanol–water partition coefficient (Wildman–Crippen LogP) is 14.4. The quantitative estimate of drug-likeness (QED) is 0.165. The molecule has 0 unspecified atom stereocenters. The Kier molecular flexibility index (Phi) is 8.18. The van der Waals surface area contributed by atoms with E-state index < -0.39 is 0 Å².